The Hall–Kier alpha value is -1.72. The van der Waals surface area contributed by atoms with Gasteiger partial charge in [-0.2, -0.15) is 0 Å². The van der Waals surface area contributed by atoms with Gasteiger partial charge in [-0.25, -0.2) is 0 Å². The Morgan fingerprint density at radius 3 is 2.50 bits per heavy atom. The molecule has 20 heavy (non-hydrogen) atoms. The lowest BCUT2D eigenvalue weighted by molar-refractivity contribution is -0.385. The van der Waals surface area contributed by atoms with Crippen molar-refractivity contribution in [1.82, 2.24) is 0 Å². The van der Waals surface area contributed by atoms with Crippen LogP contribution in [-0.2, 0) is 6.42 Å². The number of nitrogen functional groups attached to an aromatic ring is 1. The highest BCUT2D eigenvalue weighted by atomic mass is 35.5. The van der Waals surface area contributed by atoms with E-state index in [0.29, 0.717) is 17.7 Å². The van der Waals surface area contributed by atoms with Crippen LogP contribution in [0.15, 0.2) is 41.3 Å². The van der Waals surface area contributed by atoms with Crippen LogP contribution in [0.5, 0.6) is 0 Å². The second-order valence-electron chi connectivity index (χ2n) is 4.27. The molecule has 0 aliphatic heterocycles. The number of benzene rings is 2. The van der Waals surface area contributed by atoms with Crippen LogP contribution in [0, 0.1) is 10.1 Å². The lowest BCUT2D eigenvalue weighted by Gasteiger charge is -2.08. The maximum atomic E-state index is 11.1. The van der Waals surface area contributed by atoms with Crippen LogP contribution >= 0.6 is 23.4 Å². The predicted molar refractivity (Wildman–Crippen MR) is 83.5 cm³/mol. The molecule has 0 atom stereocenters. The molecule has 0 heterocycles. The fourth-order valence-corrected chi connectivity index (χ4v) is 2.58. The molecule has 2 aromatic carbocycles. The lowest BCUT2D eigenvalue weighted by atomic mass is 10.0. The highest BCUT2D eigenvalue weighted by Gasteiger charge is 2.18. The molecule has 0 amide bonds. The molecule has 0 aliphatic rings. The first-order valence-corrected chi connectivity index (χ1v) is 7.46. The van der Waals surface area contributed by atoms with Crippen molar-refractivity contribution in [2.24, 2.45) is 0 Å². The first kappa shape index (κ1) is 14.7. The number of nitrogens with zero attached hydrogens (tertiary/aromatic N) is 1. The van der Waals surface area contributed by atoms with Gasteiger partial charge in [-0.05, 0) is 30.0 Å². The number of nitrogens with two attached hydrogens (primary N) is 1. The third kappa shape index (κ3) is 3.23. The maximum Gasteiger partial charge on any atom is 0.276 e. The Morgan fingerprint density at radius 2 is 1.95 bits per heavy atom. The molecule has 104 valence electrons. The summed E-state index contributed by atoms with van der Waals surface area (Å²) in [5, 5.41) is 11.4. The molecule has 0 saturated carbocycles. The van der Waals surface area contributed by atoms with E-state index >= 15 is 0 Å². The van der Waals surface area contributed by atoms with Gasteiger partial charge in [0.15, 0.2) is 0 Å². The Kier molecular flexibility index (Phi) is 4.52. The van der Waals surface area contributed by atoms with Crippen LogP contribution < -0.4 is 5.73 Å². The normalized spacial score (nSPS) is 10.5. The van der Waals surface area contributed by atoms with E-state index in [1.165, 1.54) is 6.07 Å². The Labute approximate surface area is 126 Å². The summed E-state index contributed by atoms with van der Waals surface area (Å²) in [4.78, 5) is 11.8. The number of rotatable bonds is 4. The van der Waals surface area contributed by atoms with Gasteiger partial charge < -0.3 is 5.73 Å². The predicted octanol–water partition coefficient (Wildman–Crippen LogP) is 4.14. The van der Waals surface area contributed by atoms with Crippen molar-refractivity contribution < 1.29 is 4.92 Å². The molecular weight excluding hydrogens is 296 g/mol. The van der Waals surface area contributed by atoms with Crippen molar-refractivity contribution in [3.8, 4) is 0 Å². The molecule has 2 aromatic rings. The topological polar surface area (TPSA) is 69.2 Å². The van der Waals surface area contributed by atoms with Gasteiger partial charge in [-0.1, -0.05) is 23.7 Å². The molecule has 0 unspecified atom stereocenters. The van der Waals surface area contributed by atoms with Gasteiger partial charge >= 0.3 is 0 Å². The molecule has 0 aromatic heterocycles. The number of nitro benzene ring substituents is 1. The highest BCUT2D eigenvalue weighted by molar-refractivity contribution is 7.98. The van der Waals surface area contributed by atoms with Crippen LogP contribution in [0.4, 0.5) is 11.4 Å². The molecular formula is C14H13ClN2O2S. The van der Waals surface area contributed by atoms with E-state index < -0.39 is 4.92 Å². The lowest BCUT2D eigenvalue weighted by Crippen LogP contribution is -2.02. The number of anilines is 1. The van der Waals surface area contributed by atoms with Crippen LogP contribution in [0.2, 0.25) is 5.02 Å². The third-order valence-electron chi connectivity index (χ3n) is 2.96. The molecule has 2 rings (SSSR count). The Bertz CT molecular complexity index is 644. The van der Waals surface area contributed by atoms with E-state index in [9.17, 15) is 10.1 Å². The summed E-state index contributed by atoms with van der Waals surface area (Å²) in [7, 11) is 0. The Balaban J connectivity index is 2.39. The molecule has 0 aliphatic carbocycles. The first-order chi connectivity index (χ1) is 9.51. The molecule has 0 radical (unpaired) electrons. The van der Waals surface area contributed by atoms with Crippen LogP contribution in [0.1, 0.15) is 11.1 Å². The number of halogens is 1. The van der Waals surface area contributed by atoms with E-state index in [0.717, 1.165) is 10.5 Å². The zero-order valence-corrected chi connectivity index (χ0v) is 12.4. The minimum absolute atomic E-state index is 0.0380. The van der Waals surface area contributed by atoms with Crippen LogP contribution in [-0.4, -0.2) is 11.2 Å². The minimum atomic E-state index is -0.451. The van der Waals surface area contributed by atoms with E-state index in [1.807, 2.05) is 30.5 Å². The number of thioether (sulfide) groups is 1. The molecule has 4 nitrogen and oxygen atoms in total. The quantitative estimate of drug-likeness (QED) is 0.399. The molecule has 0 fully saturated rings. The summed E-state index contributed by atoms with van der Waals surface area (Å²) in [6, 6.07) is 10.7. The fraction of sp³-hybridized carbons (Fsp3) is 0.143. The molecule has 0 bridgehead atoms. The third-order valence-corrected chi connectivity index (χ3v) is 3.92. The number of nitro groups is 1. The summed E-state index contributed by atoms with van der Waals surface area (Å²) < 4.78 is 0. The summed E-state index contributed by atoms with van der Waals surface area (Å²) in [6.45, 7) is 0. The largest absolute Gasteiger partial charge is 0.398 e. The average Bonchev–Trinajstić information content (AvgIpc) is 2.42. The van der Waals surface area contributed by atoms with Crippen molar-refractivity contribution in [2.45, 2.75) is 11.3 Å². The summed E-state index contributed by atoms with van der Waals surface area (Å²) in [5.41, 5.74) is 7.65. The highest BCUT2D eigenvalue weighted by Crippen LogP contribution is 2.31. The molecule has 2 N–H and O–H groups in total. The van der Waals surface area contributed by atoms with Gasteiger partial charge in [0, 0.05) is 28.1 Å². The smallest absolute Gasteiger partial charge is 0.276 e. The van der Waals surface area contributed by atoms with Gasteiger partial charge in [0.25, 0.3) is 5.69 Å². The summed E-state index contributed by atoms with van der Waals surface area (Å²) in [6.07, 6.45) is 2.41. The van der Waals surface area contributed by atoms with E-state index in [4.69, 9.17) is 17.3 Å². The summed E-state index contributed by atoms with van der Waals surface area (Å²) in [5.74, 6) is 0. The van der Waals surface area contributed by atoms with Crippen molar-refractivity contribution in [3.63, 3.8) is 0 Å². The zero-order chi connectivity index (χ0) is 14.7. The van der Waals surface area contributed by atoms with E-state index in [2.05, 4.69) is 0 Å². The van der Waals surface area contributed by atoms with Crippen molar-refractivity contribution in [3.05, 3.63) is 62.7 Å². The van der Waals surface area contributed by atoms with Crippen molar-refractivity contribution in [1.29, 1.82) is 0 Å². The maximum absolute atomic E-state index is 11.1. The second kappa shape index (κ2) is 6.15. The van der Waals surface area contributed by atoms with Gasteiger partial charge in [-0.15, -0.1) is 11.8 Å². The molecule has 0 saturated heterocycles. The molecule has 6 heteroatoms. The van der Waals surface area contributed by atoms with Gasteiger partial charge in [0.1, 0.15) is 0 Å². The monoisotopic (exact) mass is 308 g/mol. The summed E-state index contributed by atoms with van der Waals surface area (Å²) >= 11 is 7.47. The van der Waals surface area contributed by atoms with Crippen molar-refractivity contribution in [2.75, 3.05) is 12.0 Å². The zero-order valence-electron chi connectivity index (χ0n) is 10.8. The van der Waals surface area contributed by atoms with Crippen LogP contribution in [0.3, 0.4) is 0 Å². The van der Waals surface area contributed by atoms with Gasteiger partial charge in [0.2, 0.25) is 0 Å². The van der Waals surface area contributed by atoms with E-state index in [1.54, 1.807) is 17.8 Å². The number of hydrogen-bond acceptors (Lipinski definition) is 4. The van der Waals surface area contributed by atoms with E-state index in [-0.39, 0.29) is 10.7 Å². The van der Waals surface area contributed by atoms with Crippen molar-refractivity contribution >= 4 is 34.7 Å². The molecule has 0 spiro atoms. The standard InChI is InChI=1S/C14H13ClN2O2S/c1-20-11-4-2-9(3-5-11)6-12-13(16)7-10(15)8-14(12)17(18)19/h2-5,7-8H,6,16H2,1H3. The SMILES string of the molecule is CSc1ccc(Cc2c(N)cc(Cl)cc2[N+](=O)[O-])cc1. The van der Waals surface area contributed by atoms with Gasteiger partial charge in [0.05, 0.1) is 10.5 Å². The van der Waals surface area contributed by atoms with Gasteiger partial charge in [-0.3, -0.25) is 10.1 Å². The number of hydrogen-bond donors (Lipinski definition) is 1. The average molecular weight is 309 g/mol. The fourth-order valence-electron chi connectivity index (χ4n) is 1.95. The minimum Gasteiger partial charge on any atom is -0.398 e. The second-order valence-corrected chi connectivity index (χ2v) is 5.59. The van der Waals surface area contributed by atoms with Crippen LogP contribution in [0.25, 0.3) is 0 Å². The Morgan fingerprint density at radius 1 is 1.30 bits per heavy atom. The first-order valence-electron chi connectivity index (χ1n) is 5.86.